The molecule has 0 spiro atoms. The molecule has 1 aromatic rings. The fourth-order valence-corrected chi connectivity index (χ4v) is 3.36. The standard InChI is InChI=1S/C21H30FN3O3/c1-4-17(5-2)28-19-11-15(10-18(23)20(19)25-13(3)26)21(27)24-12-14-7-6-8-16(22)9-14/h6-9,11,17-20H,4-5,10,12,23H2,1-3H3,(H,24,27)(H,25,26)/t18-,19+,20+/m0/s1. The topological polar surface area (TPSA) is 93.4 Å². The van der Waals surface area contributed by atoms with E-state index in [9.17, 15) is 14.0 Å². The van der Waals surface area contributed by atoms with Gasteiger partial charge in [-0.2, -0.15) is 0 Å². The molecule has 6 nitrogen and oxygen atoms in total. The quantitative estimate of drug-likeness (QED) is 0.633. The first kappa shape index (κ1) is 22.0. The van der Waals surface area contributed by atoms with Crippen LogP contribution < -0.4 is 16.4 Å². The Morgan fingerprint density at radius 1 is 1.32 bits per heavy atom. The summed E-state index contributed by atoms with van der Waals surface area (Å²) in [4.78, 5) is 24.2. The minimum absolute atomic E-state index is 0.0133. The number of benzene rings is 1. The first-order valence-corrected chi connectivity index (χ1v) is 9.75. The summed E-state index contributed by atoms with van der Waals surface area (Å²) in [6.45, 7) is 5.71. The van der Waals surface area contributed by atoms with Crippen LogP contribution in [0.2, 0.25) is 0 Å². The molecule has 7 heteroatoms. The van der Waals surface area contributed by atoms with Crippen molar-refractivity contribution in [1.29, 1.82) is 0 Å². The van der Waals surface area contributed by atoms with Crippen LogP contribution in [0.3, 0.4) is 0 Å². The van der Waals surface area contributed by atoms with E-state index in [1.54, 1.807) is 18.2 Å². The van der Waals surface area contributed by atoms with Gasteiger partial charge in [0.15, 0.2) is 0 Å². The molecule has 1 aromatic carbocycles. The van der Waals surface area contributed by atoms with E-state index in [0.29, 0.717) is 17.6 Å². The van der Waals surface area contributed by atoms with Crippen molar-refractivity contribution in [3.05, 3.63) is 47.3 Å². The third-order valence-corrected chi connectivity index (χ3v) is 4.90. The molecule has 0 saturated heterocycles. The number of hydrogen-bond acceptors (Lipinski definition) is 4. The normalized spacial score (nSPS) is 21.9. The van der Waals surface area contributed by atoms with Gasteiger partial charge in [0, 0.05) is 25.1 Å². The van der Waals surface area contributed by atoms with Crippen LogP contribution in [-0.2, 0) is 20.9 Å². The molecule has 0 fully saturated rings. The second kappa shape index (κ2) is 10.3. The summed E-state index contributed by atoms with van der Waals surface area (Å²) >= 11 is 0. The average Bonchev–Trinajstić information content (AvgIpc) is 2.66. The fourth-order valence-electron chi connectivity index (χ4n) is 3.36. The van der Waals surface area contributed by atoms with Crippen molar-refractivity contribution in [2.24, 2.45) is 5.73 Å². The molecule has 2 amide bonds. The lowest BCUT2D eigenvalue weighted by Gasteiger charge is -2.36. The molecule has 0 aliphatic heterocycles. The van der Waals surface area contributed by atoms with Crippen LogP contribution in [0, 0.1) is 5.82 Å². The molecule has 4 N–H and O–H groups in total. The van der Waals surface area contributed by atoms with Crippen molar-refractivity contribution >= 4 is 11.8 Å². The Hall–Kier alpha value is -2.25. The highest BCUT2D eigenvalue weighted by molar-refractivity contribution is 5.93. The highest BCUT2D eigenvalue weighted by Crippen LogP contribution is 2.23. The highest BCUT2D eigenvalue weighted by atomic mass is 19.1. The van der Waals surface area contributed by atoms with Crippen LogP contribution in [0.5, 0.6) is 0 Å². The molecule has 0 unspecified atom stereocenters. The molecule has 0 radical (unpaired) electrons. The lowest BCUT2D eigenvalue weighted by Crippen LogP contribution is -2.57. The zero-order valence-corrected chi connectivity index (χ0v) is 16.7. The zero-order valence-electron chi connectivity index (χ0n) is 16.7. The molecular formula is C21H30FN3O3. The molecule has 1 aliphatic rings. The van der Waals surface area contributed by atoms with Gasteiger partial charge in [-0.25, -0.2) is 4.39 Å². The third-order valence-electron chi connectivity index (χ3n) is 4.90. The minimum Gasteiger partial charge on any atom is -0.369 e. The smallest absolute Gasteiger partial charge is 0.247 e. The zero-order chi connectivity index (χ0) is 20.7. The predicted octanol–water partition coefficient (Wildman–Crippen LogP) is 2.18. The van der Waals surface area contributed by atoms with Crippen LogP contribution >= 0.6 is 0 Å². The van der Waals surface area contributed by atoms with Gasteiger partial charge in [-0.05, 0) is 43.0 Å². The summed E-state index contributed by atoms with van der Waals surface area (Å²) in [6.07, 6.45) is 3.26. The lowest BCUT2D eigenvalue weighted by atomic mass is 9.87. The van der Waals surface area contributed by atoms with E-state index in [1.807, 2.05) is 13.8 Å². The number of nitrogens with one attached hydrogen (secondary N) is 2. The maximum atomic E-state index is 13.3. The van der Waals surface area contributed by atoms with E-state index in [-0.39, 0.29) is 30.3 Å². The van der Waals surface area contributed by atoms with Crippen molar-refractivity contribution in [3.63, 3.8) is 0 Å². The van der Waals surface area contributed by atoms with Crippen LogP contribution in [0.15, 0.2) is 35.9 Å². The third kappa shape index (κ3) is 6.14. The van der Waals surface area contributed by atoms with Crippen LogP contribution in [0.4, 0.5) is 4.39 Å². The molecule has 154 valence electrons. The van der Waals surface area contributed by atoms with E-state index >= 15 is 0 Å². The largest absolute Gasteiger partial charge is 0.369 e. The van der Waals surface area contributed by atoms with Crippen molar-refractivity contribution in [1.82, 2.24) is 10.6 Å². The first-order chi connectivity index (χ1) is 13.3. The maximum Gasteiger partial charge on any atom is 0.247 e. The Morgan fingerprint density at radius 2 is 2.04 bits per heavy atom. The summed E-state index contributed by atoms with van der Waals surface area (Å²) in [5.74, 6) is -0.799. The number of hydrogen-bond donors (Lipinski definition) is 3. The van der Waals surface area contributed by atoms with E-state index < -0.39 is 18.2 Å². The van der Waals surface area contributed by atoms with Crippen LogP contribution in [-0.4, -0.2) is 36.1 Å². The van der Waals surface area contributed by atoms with Gasteiger partial charge >= 0.3 is 0 Å². The van der Waals surface area contributed by atoms with Gasteiger partial charge in [-0.3, -0.25) is 9.59 Å². The van der Waals surface area contributed by atoms with Gasteiger partial charge < -0.3 is 21.1 Å². The number of rotatable bonds is 8. The first-order valence-electron chi connectivity index (χ1n) is 9.75. The van der Waals surface area contributed by atoms with Crippen molar-refractivity contribution in [3.8, 4) is 0 Å². The highest BCUT2D eigenvalue weighted by Gasteiger charge is 2.35. The summed E-state index contributed by atoms with van der Waals surface area (Å²) < 4.78 is 19.4. The molecular weight excluding hydrogens is 361 g/mol. The maximum absolute atomic E-state index is 13.3. The summed E-state index contributed by atoms with van der Waals surface area (Å²) in [5.41, 5.74) is 7.46. The lowest BCUT2D eigenvalue weighted by molar-refractivity contribution is -0.121. The fraction of sp³-hybridized carbons (Fsp3) is 0.524. The van der Waals surface area contributed by atoms with E-state index in [1.165, 1.54) is 19.1 Å². The molecule has 2 rings (SSSR count). The number of ether oxygens (including phenoxy) is 1. The SMILES string of the molecule is CCC(CC)O[C@@H]1C=C(C(=O)NCc2cccc(F)c2)C[C@H](N)[C@H]1NC(C)=O. The monoisotopic (exact) mass is 391 g/mol. The summed E-state index contributed by atoms with van der Waals surface area (Å²) in [6, 6.07) is 5.25. The second-order valence-corrected chi connectivity index (χ2v) is 7.14. The van der Waals surface area contributed by atoms with Gasteiger partial charge in [-0.1, -0.05) is 26.0 Å². The number of carbonyl (C=O) groups is 2. The molecule has 3 atom stereocenters. The number of halogens is 1. The molecule has 1 aliphatic carbocycles. The van der Waals surface area contributed by atoms with Gasteiger partial charge in [-0.15, -0.1) is 0 Å². The Morgan fingerprint density at radius 3 is 2.64 bits per heavy atom. The molecule has 28 heavy (non-hydrogen) atoms. The van der Waals surface area contributed by atoms with E-state index in [2.05, 4.69) is 10.6 Å². The summed E-state index contributed by atoms with van der Waals surface area (Å²) in [7, 11) is 0. The Bertz CT molecular complexity index is 719. The van der Waals surface area contributed by atoms with Gasteiger partial charge in [0.05, 0.1) is 18.2 Å². The van der Waals surface area contributed by atoms with Crippen molar-refractivity contribution < 1.29 is 18.7 Å². The van der Waals surface area contributed by atoms with Gasteiger partial charge in [0.2, 0.25) is 11.8 Å². The summed E-state index contributed by atoms with van der Waals surface area (Å²) in [5, 5.41) is 5.65. The molecule has 0 saturated carbocycles. The van der Waals surface area contributed by atoms with Crippen molar-refractivity contribution in [2.75, 3.05) is 0 Å². The second-order valence-electron chi connectivity index (χ2n) is 7.14. The Labute approximate surface area is 165 Å². The molecule has 0 bridgehead atoms. The Kier molecular flexibility index (Phi) is 8.14. The number of amides is 2. The van der Waals surface area contributed by atoms with Crippen LogP contribution in [0.1, 0.15) is 45.6 Å². The van der Waals surface area contributed by atoms with Gasteiger partial charge in [0.1, 0.15) is 5.82 Å². The van der Waals surface area contributed by atoms with E-state index in [4.69, 9.17) is 10.5 Å². The predicted molar refractivity (Wildman–Crippen MR) is 106 cm³/mol. The molecule has 0 aromatic heterocycles. The average molecular weight is 391 g/mol. The number of carbonyl (C=O) groups excluding carboxylic acids is 2. The van der Waals surface area contributed by atoms with E-state index in [0.717, 1.165) is 12.8 Å². The van der Waals surface area contributed by atoms with Crippen LogP contribution in [0.25, 0.3) is 0 Å². The number of nitrogens with two attached hydrogens (primary N) is 1. The minimum atomic E-state index is -0.479. The van der Waals surface area contributed by atoms with Gasteiger partial charge in [0.25, 0.3) is 0 Å². The Balaban J connectivity index is 2.13. The van der Waals surface area contributed by atoms with Crippen molar-refractivity contribution in [2.45, 2.75) is 70.9 Å². The molecule has 0 heterocycles.